The highest BCUT2D eigenvalue weighted by molar-refractivity contribution is 5.85. The minimum absolute atomic E-state index is 0. The van der Waals surface area contributed by atoms with Crippen LogP contribution in [0.2, 0.25) is 0 Å². The molecule has 0 radical (unpaired) electrons. The summed E-state index contributed by atoms with van der Waals surface area (Å²) in [6, 6.07) is 5.42. The van der Waals surface area contributed by atoms with E-state index in [9.17, 15) is 18.3 Å². The molecule has 1 aromatic rings. The summed E-state index contributed by atoms with van der Waals surface area (Å²) in [5.41, 5.74) is 0.0449. The average molecular weight is 365 g/mol. The Balaban J connectivity index is 0.00000208. The van der Waals surface area contributed by atoms with Gasteiger partial charge in [-0.25, -0.2) is 0 Å². The Morgan fingerprint density at radius 2 is 1.92 bits per heavy atom. The van der Waals surface area contributed by atoms with Gasteiger partial charge in [0, 0.05) is 19.1 Å². The lowest BCUT2D eigenvalue weighted by Crippen LogP contribution is -2.36. The first-order chi connectivity index (χ1) is 10.9. The monoisotopic (exact) mass is 364 g/mol. The molecule has 1 aromatic carbocycles. The largest absolute Gasteiger partial charge is 0.416 e. The number of likely N-dealkylation sites (tertiary alicyclic amines) is 1. The van der Waals surface area contributed by atoms with Crippen LogP contribution in [0.25, 0.3) is 0 Å². The molecule has 0 spiro atoms. The van der Waals surface area contributed by atoms with Gasteiger partial charge in [-0.15, -0.1) is 12.4 Å². The molecule has 3 rings (SSSR count). The van der Waals surface area contributed by atoms with Gasteiger partial charge >= 0.3 is 6.18 Å². The first-order valence-corrected chi connectivity index (χ1v) is 8.23. The van der Waals surface area contributed by atoms with Crippen LogP contribution in [0.1, 0.15) is 36.4 Å². The molecular weight excluding hydrogens is 341 g/mol. The molecule has 3 nitrogen and oxygen atoms in total. The van der Waals surface area contributed by atoms with Gasteiger partial charge in [0.25, 0.3) is 0 Å². The quantitative estimate of drug-likeness (QED) is 0.864. The van der Waals surface area contributed by atoms with Crippen LogP contribution in [0.15, 0.2) is 24.3 Å². The van der Waals surface area contributed by atoms with Gasteiger partial charge in [0.1, 0.15) is 0 Å². The van der Waals surface area contributed by atoms with E-state index in [1.165, 1.54) is 12.1 Å². The second-order valence-corrected chi connectivity index (χ2v) is 6.68. The lowest BCUT2D eigenvalue weighted by molar-refractivity contribution is -0.137. The van der Waals surface area contributed by atoms with Crippen molar-refractivity contribution in [2.45, 2.75) is 37.6 Å². The van der Waals surface area contributed by atoms with E-state index in [1.807, 2.05) is 0 Å². The SMILES string of the molecule is Cl.OC1CC(c2cccc(C(F)(F)F)c2)N(CC2CCNCC2)C1. The second kappa shape index (κ2) is 8.04. The zero-order valence-corrected chi connectivity index (χ0v) is 14.2. The molecule has 0 aliphatic carbocycles. The Kier molecular flexibility index (Phi) is 6.53. The fourth-order valence-electron chi connectivity index (χ4n) is 3.75. The number of β-amino-alcohol motifs (C(OH)–C–C–N with tert-alkyl or cyclic N) is 1. The third kappa shape index (κ3) is 4.63. The summed E-state index contributed by atoms with van der Waals surface area (Å²) in [5.74, 6) is 0.551. The lowest BCUT2D eigenvalue weighted by Gasteiger charge is -2.31. The van der Waals surface area contributed by atoms with E-state index in [0.717, 1.165) is 38.5 Å². The summed E-state index contributed by atoms with van der Waals surface area (Å²) in [5, 5.41) is 13.3. The second-order valence-electron chi connectivity index (χ2n) is 6.68. The molecule has 2 fully saturated rings. The molecule has 2 unspecified atom stereocenters. The highest BCUT2D eigenvalue weighted by atomic mass is 35.5. The molecule has 0 amide bonds. The van der Waals surface area contributed by atoms with Crippen molar-refractivity contribution in [1.29, 1.82) is 0 Å². The van der Waals surface area contributed by atoms with Crippen LogP contribution >= 0.6 is 12.4 Å². The molecule has 2 saturated heterocycles. The van der Waals surface area contributed by atoms with E-state index >= 15 is 0 Å². The third-order valence-electron chi connectivity index (χ3n) is 4.93. The molecule has 24 heavy (non-hydrogen) atoms. The molecular formula is C17H24ClF3N2O. The number of nitrogens with one attached hydrogen (secondary N) is 1. The van der Waals surface area contributed by atoms with Crippen molar-refractivity contribution in [2.24, 2.45) is 5.92 Å². The number of halogens is 4. The summed E-state index contributed by atoms with van der Waals surface area (Å²) >= 11 is 0. The number of nitrogens with zero attached hydrogens (tertiary/aromatic N) is 1. The third-order valence-corrected chi connectivity index (χ3v) is 4.93. The van der Waals surface area contributed by atoms with Gasteiger partial charge in [-0.3, -0.25) is 4.90 Å². The van der Waals surface area contributed by atoms with Crippen molar-refractivity contribution >= 4 is 12.4 Å². The van der Waals surface area contributed by atoms with E-state index in [-0.39, 0.29) is 18.4 Å². The van der Waals surface area contributed by atoms with Gasteiger partial charge in [-0.2, -0.15) is 13.2 Å². The Labute approximate surface area is 146 Å². The van der Waals surface area contributed by atoms with Crippen molar-refractivity contribution in [2.75, 3.05) is 26.2 Å². The van der Waals surface area contributed by atoms with Crippen LogP contribution in [0.5, 0.6) is 0 Å². The topological polar surface area (TPSA) is 35.5 Å². The van der Waals surface area contributed by atoms with Crippen molar-refractivity contribution < 1.29 is 18.3 Å². The minimum atomic E-state index is -4.33. The number of rotatable bonds is 3. The predicted molar refractivity (Wildman–Crippen MR) is 89.2 cm³/mol. The molecule has 0 bridgehead atoms. The van der Waals surface area contributed by atoms with E-state index in [1.54, 1.807) is 6.07 Å². The van der Waals surface area contributed by atoms with E-state index in [0.29, 0.717) is 24.4 Å². The normalized spacial score (nSPS) is 26.3. The standard InChI is InChI=1S/C17H23F3N2O.ClH/c18-17(19,20)14-3-1-2-13(8-14)16-9-15(23)11-22(16)10-12-4-6-21-7-5-12;/h1-3,8,12,15-16,21,23H,4-7,9-11H2;1H. The molecule has 2 aliphatic heterocycles. The number of aliphatic hydroxyl groups excluding tert-OH is 1. The maximum atomic E-state index is 12.9. The lowest BCUT2D eigenvalue weighted by atomic mass is 9.96. The van der Waals surface area contributed by atoms with E-state index in [4.69, 9.17) is 0 Å². The summed E-state index contributed by atoms with van der Waals surface area (Å²) in [7, 11) is 0. The van der Waals surface area contributed by atoms with Crippen LogP contribution in [0.3, 0.4) is 0 Å². The highest BCUT2D eigenvalue weighted by Gasteiger charge is 2.36. The van der Waals surface area contributed by atoms with Crippen LogP contribution in [-0.2, 0) is 6.18 Å². The van der Waals surface area contributed by atoms with E-state index in [2.05, 4.69) is 10.2 Å². The van der Waals surface area contributed by atoms with Crippen molar-refractivity contribution in [3.8, 4) is 0 Å². The van der Waals surface area contributed by atoms with Crippen LogP contribution in [0.4, 0.5) is 13.2 Å². The summed E-state index contributed by atoms with van der Waals surface area (Å²) < 4.78 is 38.8. The van der Waals surface area contributed by atoms with Crippen molar-refractivity contribution in [1.82, 2.24) is 10.2 Å². The number of alkyl halides is 3. The molecule has 136 valence electrons. The first-order valence-electron chi connectivity index (χ1n) is 8.23. The van der Waals surface area contributed by atoms with Gasteiger partial charge in [0.15, 0.2) is 0 Å². The molecule has 2 aliphatic rings. The van der Waals surface area contributed by atoms with Crippen molar-refractivity contribution in [3.05, 3.63) is 35.4 Å². The van der Waals surface area contributed by atoms with Gasteiger partial charge in [-0.1, -0.05) is 12.1 Å². The first kappa shape index (κ1) is 19.5. The van der Waals surface area contributed by atoms with Gasteiger partial charge in [-0.05, 0) is 56.0 Å². The number of benzene rings is 1. The number of hydrogen-bond acceptors (Lipinski definition) is 3. The zero-order chi connectivity index (χ0) is 16.4. The average Bonchev–Trinajstić information content (AvgIpc) is 2.88. The summed E-state index contributed by atoms with van der Waals surface area (Å²) in [4.78, 5) is 2.16. The maximum absolute atomic E-state index is 12.9. The van der Waals surface area contributed by atoms with Crippen molar-refractivity contribution in [3.63, 3.8) is 0 Å². The van der Waals surface area contributed by atoms with Gasteiger partial charge < -0.3 is 10.4 Å². The fraction of sp³-hybridized carbons (Fsp3) is 0.647. The Morgan fingerprint density at radius 1 is 1.21 bits per heavy atom. The fourth-order valence-corrected chi connectivity index (χ4v) is 3.75. The number of piperidine rings is 1. The Morgan fingerprint density at radius 3 is 2.58 bits per heavy atom. The van der Waals surface area contributed by atoms with E-state index < -0.39 is 17.8 Å². The molecule has 7 heteroatoms. The Hall–Kier alpha value is -0.820. The molecule has 2 atom stereocenters. The van der Waals surface area contributed by atoms with Crippen LogP contribution < -0.4 is 5.32 Å². The van der Waals surface area contributed by atoms with Gasteiger partial charge in [0.2, 0.25) is 0 Å². The predicted octanol–water partition coefficient (Wildman–Crippen LogP) is 3.23. The highest BCUT2D eigenvalue weighted by Crippen LogP contribution is 2.36. The molecule has 0 aromatic heterocycles. The van der Waals surface area contributed by atoms with Crippen LogP contribution in [-0.4, -0.2) is 42.3 Å². The van der Waals surface area contributed by atoms with Crippen LogP contribution in [0, 0.1) is 5.92 Å². The number of hydrogen-bond donors (Lipinski definition) is 2. The molecule has 2 N–H and O–H groups in total. The minimum Gasteiger partial charge on any atom is -0.392 e. The summed E-state index contributed by atoms with van der Waals surface area (Å²) in [6.45, 7) is 3.38. The van der Waals surface area contributed by atoms with Gasteiger partial charge in [0.05, 0.1) is 11.7 Å². The summed E-state index contributed by atoms with van der Waals surface area (Å²) in [6.07, 6.45) is -2.11. The zero-order valence-electron chi connectivity index (χ0n) is 13.4. The molecule has 2 heterocycles. The Bertz CT molecular complexity index is 535. The number of aliphatic hydroxyl groups is 1. The maximum Gasteiger partial charge on any atom is 0.416 e. The molecule has 0 saturated carbocycles. The smallest absolute Gasteiger partial charge is 0.392 e.